The number of benzene rings is 1. The first-order chi connectivity index (χ1) is 7.79. The highest BCUT2D eigenvalue weighted by molar-refractivity contribution is 5.79. The normalized spacial score (nSPS) is 15.3. The van der Waals surface area contributed by atoms with E-state index in [4.69, 9.17) is 9.47 Å². The zero-order valence-corrected chi connectivity index (χ0v) is 9.23. The third-order valence-electron chi connectivity index (χ3n) is 2.55. The number of hydrogen-bond donors (Lipinski definition) is 1. The molecule has 1 aliphatic heterocycles. The SMILES string of the molecule is COc1ccccc1CC(=O)NC1COC1. The van der Waals surface area contributed by atoms with Gasteiger partial charge in [0, 0.05) is 5.56 Å². The van der Waals surface area contributed by atoms with Gasteiger partial charge in [-0.2, -0.15) is 0 Å². The van der Waals surface area contributed by atoms with E-state index in [1.54, 1.807) is 7.11 Å². The van der Waals surface area contributed by atoms with Gasteiger partial charge in [0.05, 0.1) is 32.8 Å². The summed E-state index contributed by atoms with van der Waals surface area (Å²) < 4.78 is 10.2. The molecule has 0 radical (unpaired) electrons. The zero-order chi connectivity index (χ0) is 11.4. The third kappa shape index (κ3) is 2.52. The van der Waals surface area contributed by atoms with Crippen LogP contribution in [0.25, 0.3) is 0 Å². The molecule has 1 saturated heterocycles. The number of ether oxygens (including phenoxy) is 2. The fourth-order valence-corrected chi connectivity index (χ4v) is 1.62. The van der Waals surface area contributed by atoms with Crippen molar-refractivity contribution in [1.82, 2.24) is 5.32 Å². The highest BCUT2D eigenvalue weighted by Crippen LogP contribution is 2.17. The van der Waals surface area contributed by atoms with Crippen molar-refractivity contribution >= 4 is 5.91 Å². The van der Waals surface area contributed by atoms with Gasteiger partial charge in [-0.15, -0.1) is 0 Å². The van der Waals surface area contributed by atoms with Crippen LogP contribution in [0.3, 0.4) is 0 Å². The predicted molar refractivity (Wildman–Crippen MR) is 59.4 cm³/mol. The highest BCUT2D eigenvalue weighted by Gasteiger charge is 2.20. The van der Waals surface area contributed by atoms with E-state index < -0.39 is 0 Å². The van der Waals surface area contributed by atoms with Crippen LogP contribution in [0.15, 0.2) is 24.3 Å². The maximum absolute atomic E-state index is 11.7. The second-order valence-corrected chi connectivity index (χ2v) is 3.79. The van der Waals surface area contributed by atoms with Crippen molar-refractivity contribution in [2.24, 2.45) is 0 Å². The van der Waals surface area contributed by atoms with Crippen molar-refractivity contribution in [2.75, 3.05) is 20.3 Å². The van der Waals surface area contributed by atoms with E-state index in [0.29, 0.717) is 19.6 Å². The van der Waals surface area contributed by atoms with Crippen molar-refractivity contribution < 1.29 is 14.3 Å². The van der Waals surface area contributed by atoms with Crippen LogP contribution < -0.4 is 10.1 Å². The summed E-state index contributed by atoms with van der Waals surface area (Å²) in [6.45, 7) is 1.25. The molecule has 2 rings (SSSR count). The highest BCUT2D eigenvalue weighted by atomic mass is 16.5. The maximum Gasteiger partial charge on any atom is 0.224 e. The predicted octanol–water partition coefficient (Wildman–Crippen LogP) is 0.753. The van der Waals surface area contributed by atoms with Crippen LogP contribution in [-0.2, 0) is 16.0 Å². The summed E-state index contributed by atoms with van der Waals surface area (Å²) >= 11 is 0. The van der Waals surface area contributed by atoms with Gasteiger partial charge in [0.15, 0.2) is 0 Å². The van der Waals surface area contributed by atoms with Gasteiger partial charge < -0.3 is 14.8 Å². The number of carbonyl (C=O) groups is 1. The minimum absolute atomic E-state index is 0.0119. The van der Waals surface area contributed by atoms with Gasteiger partial charge in [-0.1, -0.05) is 18.2 Å². The van der Waals surface area contributed by atoms with Gasteiger partial charge >= 0.3 is 0 Å². The fourth-order valence-electron chi connectivity index (χ4n) is 1.62. The first-order valence-electron chi connectivity index (χ1n) is 5.28. The van der Waals surface area contributed by atoms with Gasteiger partial charge in [-0.05, 0) is 6.07 Å². The summed E-state index contributed by atoms with van der Waals surface area (Å²) in [7, 11) is 1.61. The molecule has 0 unspecified atom stereocenters. The number of rotatable bonds is 4. The summed E-state index contributed by atoms with van der Waals surface area (Å²) in [4.78, 5) is 11.7. The first-order valence-corrected chi connectivity index (χ1v) is 5.28. The summed E-state index contributed by atoms with van der Waals surface area (Å²) in [5.41, 5.74) is 0.905. The van der Waals surface area contributed by atoms with Crippen LogP contribution in [0.2, 0.25) is 0 Å². The number of nitrogens with one attached hydrogen (secondary N) is 1. The van der Waals surface area contributed by atoms with E-state index in [2.05, 4.69) is 5.32 Å². The fraction of sp³-hybridized carbons (Fsp3) is 0.417. The lowest BCUT2D eigenvalue weighted by Gasteiger charge is -2.26. The molecule has 1 fully saturated rings. The third-order valence-corrected chi connectivity index (χ3v) is 2.55. The van der Waals surface area contributed by atoms with Crippen molar-refractivity contribution in [1.29, 1.82) is 0 Å². The van der Waals surface area contributed by atoms with E-state index in [1.807, 2.05) is 24.3 Å². The molecular weight excluding hydrogens is 206 g/mol. The van der Waals surface area contributed by atoms with Crippen LogP contribution in [-0.4, -0.2) is 32.3 Å². The Morgan fingerprint density at radius 2 is 2.25 bits per heavy atom. The standard InChI is InChI=1S/C12H15NO3/c1-15-11-5-3-2-4-9(11)6-12(14)13-10-7-16-8-10/h2-5,10H,6-8H2,1H3,(H,13,14). The minimum atomic E-state index is 0.0119. The van der Waals surface area contributed by atoms with Crippen molar-refractivity contribution in [3.8, 4) is 5.75 Å². The van der Waals surface area contributed by atoms with E-state index in [9.17, 15) is 4.79 Å². The van der Waals surface area contributed by atoms with Gasteiger partial charge in [-0.25, -0.2) is 0 Å². The topological polar surface area (TPSA) is 47.6 Å². The van der Waals surface area contributed by atoms with Gasteiger partial charge in [-0.3, -0.25) is 4.79 Å². The molecule has 86 valence electrons. The Labute approximate surface area is 94.6 Å². The van der Waals surface area contributed by atoms with E-state index in [0.717, 1.165) is 11.3 Å². The van der Waals surface area contributed by atoms with E-state index >= 15 is 0 Å². The lowest BCUT2D eigenvalue weighted by molar-refractivity contribution is -0.124. The molecule has 1 aromatic carbocycles. The minimum Gasteiger partial charge on any atom is -0.496 e. The van der Waals surface area contributed by atoms with Crippen LogP contribution >= 0.6 is 0 Å². The molecule has 1 N–H and O–H groups in total. The van der Waals surface area contributed by atoms with Gasteiger partial charge in [0.1, 0.15) is 5.75 Å². The number of hydrogen-bond acceptors (Lipinski definition) is 3. The molecule has 0 saturated carbocycles. The molecule has 4 heteroatoms. The van der Waals surface area contributed by atoms with Crippen LogP contribution in [0.4, 0.5) is 0 Å². The van der Waals surface area contributed by atoms with E-state index in [1.165, 1.54) is 0 Å². The number of carbonyl (C=O) groups excluding carboxylic acids is 1. The van der Waals surface area contributed by atoms with Crippen molar-refractivity contribution in [3.63, 3.8) is 0 Å². The summed E-state index contributed by atoms with van der Waals surface area (Å²) in [6.07, 6.45) is 0.348. The van der Waals surface area contributed by atoms with Gasteiger partial charge in [0.2, 0.25) is 5.91 Å². The monoisotopic (exact) mass is 221 g/mol. The second-order valence-electron chi connectivity index (χ2n) is 3.79. The lowest BCUT2D eigenvalue weighted by atomic mass is 10.1. The maximum atomic E-state index is 11.7. The molecule has 1 aromatic rings. The second kappa shape index (κ2) is 4.99. The molecule has 0 spiro atoms. The quantitative estimate of drug-likeness (QED) is 0.816. The van der Waals surface area contributed by atoms with Crippen LogP contribution in [0, 0.1) is 0 Å². The Morgan fingerprint density at radius 3 is 2.88 bits per heavy atom. The lowest BCUT2D eigenvalue weighted by Crippen LogP contribution is -2.49. The molecular formula is C12H15NO3. The molecule has 4 nitrogen and oxygen atoms in total. The summed E-state index contributed by atoms with van der Waals surface area (Å²) in [6, 6.07) is 7.73. The zero-order valence-electron chi connectivity index (χ0n) is 9.23. The summed E-state index contributed by atoms with van der Waals surface area (Å²) in [5, 5.41) is 2.90. The average molecular weight is 221 g/mol. The molecule has 1 aliphatic rings. The molecule has 0 atom stereocenters. The van der Waals surface area contributed by atoms with Crippen LogP contribution in [0.1, 0.15) is 5.56 Å². The molecule has 1 amide bonds. The number of methoxy groups -OCH3 is 1. The number of amides is 1. The van der Waals surface area contributed by atoms with Crippen molar-refractivity contribution in [3.05, 3.63) is 29.8 Å². The Kier molecular flexibility index (Phi) is 3.41. The van der Waals surface area contributed by atoms with Crippen LogP contribution in [0.5, 0.6) is 5.75 Å². The Balaban J connectivity index is 1.94. The van der Waals surface area contributed by atoms with Crippen molar-refractivity contribution in [2.45, 2.75) is 12.5 Å². The molecule has 0 aromatic heterocycles. The van der Waals surface area contributed by atoms with Gasteiger partial charge in [0.25, 0.3) is 0 Å². The largest absolute Gasteiger partial charge is 0.496 e. The Morgan fingerprint density at radius 1 is 1.50 bits per heavy atom. The first kappa shape index (κ1) is 11.0. The summed E-state index contributed by atoms with van der Waals surface area (Å²) in [5.74, 6) is 0.764. The average Bonchev–Trinajstić information content (AvgIpc) is 2.24. The van der Waals surface area contributed by atoms with E-state index in [-0.39, 0.29) is 11.9 Å². The molecule has 1 heterocycles. The number of para-hydroxylation sites is 1. The molecule has 16 heavy (non-hydrogen) atoms. The smallest absolute Gasteiger partial charge is 0.224 e. The Bertz CT molecular complexity index is 374. The molecule has 0 aliphatic carbocycles. The molecule has 0 bridgehead atoms. The Hall–Kier alpha value is -1.55.